The predicted octanol–water partition coefficient (Wildman–Crippen LogP) is 11.7. The first-order valence-corrected chi connectivity index (χ1v) is 23.1. The second kappa shape index (κ2) is 20.0. The first kappa shape index (κ1) is 45.5. The van der Waals surface area contributed by atoms with Crippen molar-refractivity contribution in [1.82, 2.24) is 19.9 Å². The standard InChI is InChI=1S/C28H27FN2O.C20H21ClFNO.C7H6N2/c1-3-24-6-4-18(16-31-24)10-28(32)17(2)19-11-20-13-22(14-21(20)12-19)25-8-9-30-27-7-5-23(29)15-26(25)27;1-11(20(21)24)12-6-13-8-15(9-14(13)7-12)17-4-5-23-19-3-2-16(22)10-18(17)19;1-2-7-4-3-6(8)5-9-7/h1,4-9,15-17,19-22H,10-14H2,2H3;2-5,10-15H,6-9H2,1H3;1,3-5H,8H2/t17?,19?,20-,21+,22?;11?,12?,13-,14+,15?;. The molecule has 0 saturated heterocycles. The molecule has 10 atom stereocenters. The molecule has 4 aliphatic carbocycles. The first-order valence-electron chi connectivity index (χ1n) is 22.8. The van der Waals surface area contributed by atoms with Crippen LogP contribution in [0.5, 0.6) is 0 Å². The van der Waals surface area contributed by atoms with Crippen molar-refractivity contribution >= 4 is 50.1 Å². The molecule has 0 radical (unpaired) electrons. The summed E-state index contributed by atoms with van der Waals surface area (Å²) in [5, 5.41) is 1.69. The lowest BCUT2D eigenvalue weighted by Gasteiger charge is -2.21. The Hall–Kier alpha value is -6.03. The molecule has 4 heterocycles. The zero-order chi connectivity index (χ0) is 45.8. The Kier molecular flexibility index (Phi) is 14.0. The molecule has 6 unspecified atom stereocenters. The van der Waals surface area contributed by atoms with E-state index in [1.807, 2.05) is 25.4 Å². The third-order valence-corrected chi connectivity index (χ3v) is 15.4. The number of pyridine rings is 4. The van der Waals surface area contributed by atoms with E-state index in [0.717, 1.165) is 78.7 Å². The van der Waals surface area contributed by atoms with Gasteiger partial charge in [-0.15, -0.1) is 12.8 Å². The van der Waals surface area contributed by atoms with Gasteiger partial charge in [-0.2, -0.15) is 0 Å². The fourth-order valence-electron chi connectivity index (χ4n) is 11.6. The van der Waals surface area contributed by atoms with Gasteiger partial charge in [0.1, 0.15) is 28.8 Å². The van der Waals surface area contributed by atoms with Gasteiger partial charge in [-0.05, 0) is 194 Å². The summed E-state index contributed by atoms with van der Waals surface area (Å²) < 4.78 is 27.5. The number of hydrogen-bond acceptors (Lipinski definition) is 7. The van der Waals surface area contributed by atoms with Crippen LogP contribution in [0.25, 0.3) is 21.8 Å². The number of nitrogens with two attached hydrogens (primary N) is 1. The van der Waals surface area contributed by atoms with Crippen LogP contribution >= 0.6 is 11.6 Å². The number of Topliss-reactive ketones (excluding diaryl/α,β-unsaturated/α-hetero) is 1. The van der Waals surface area contributed by atoms with Gasteiger partial charge in [0.25, 0.3) is 0 Å². The number of nitrogen functional groups attached to an aromatic ring is 1. The van der Waals surface area contributed by atoms with Crippen molar-refractivity contribution < 1.29 is 18.4 Å². The summed E-state index contributed by atoms with van der Waals surface area (Å²) in [4.78, 5) is 41.2. The van der Waals surface area contributed by atoms with Crippen LogP contribution in [0.4, 0.5) is 14.5 Å². The van der Waals surface area contributed by atoms with Crippen molar-refractivity contribution in [3.63, 3.8) is 0 Å². The molecule has 4 fully saturated rings. The molecular weight excluding hydrogens is 836 g/mol. The molecule has 6 aromatic rings. The van der Waals surface area contributed by atoms with E-state index in [1.165, 1.54) is 29.5 Å². The van der Waals surface area contributed by atoms with Gasteiger partial charge < -0.3 is 5.73 Å². The molecule has 4 aromatic heterocycles. The van der Waals surface area contributed by atoms with Crippen molar-refractivity contribution in [2.45, 2.75) is 83.5 Å². The molecule has 2 N–H and O–H groups in total. The van der Waals surface area contributed by atoms with Gasteiger partial charge in [-0.1, -0.05) is 31.8 Å². The Morgan fingerprint density at radius 1 is 0.646 bits per heavy atom. The zero-order valence-corrected chi connectivity index (χ0v) is 37.6. The van der Waals surface area contributed by atoms with Crippen LogP contribution in [0.15, 0.2) is 97.6 Å². The number of benzene rings is 2. The van der Waals surface area contributed by atoms with Crippen LogP contribution in [0.2, 0.25) is 0 Å². The number of nitrogens with zero attached hydrogens (tertiary/aromatic N) is 4. The Morgan fingerprint density at radius 3 is 1.52 bits per heavy atom. The normalized spacial score (nSPS) is 24.9. The number of fused-ring (bicyclic) bond motifs is 4. The Bertz CT molecular complexity index is 2740. The number of hydrogen-bond donors (Lipinski definition) is 1. The van der Waals surface area contributed by atoms with Crippen LogP contribution in [-0.2, 0) is 16.0 Å². The Balaban J connectivity index is 0.000000153. The summed E-state index contributed by atoms with van der Waals surface area (Å²) in [6, 6.07) is 21.0. The minimum Gasteiger partial charge on any atom is -0.397 e. The van der Waals surface area contributed by atoms with E-state index in [1.54, 1.807) is 48.7 Å². The summed E-state index contributed by atoms with van der Waals surface area (Å²) in [5.41, 5.74) is 12.3. The average Bonchev–Trinajstić information content (AvgIpc) is 4.10. The molecule has 0 spiro atoms. The van der Waals surface area contributed by atoms with E-state index in [9.17, 15) is 18.4 Å². The summed E-state index contributed by atoms with van der Waals surface area (Å²) in [6.45, 7) is 4.05. The molecule has 0 aliphatic heterocycles. The van der Waals surface area contributed by atoms with E-state index in [4.69, 9.17) is 30.2 Å². The second-order valence-corrected chi connectivity index (χ2v) is 19.2. The fourth-order valence-corrected chi connectivity index (χ4v) is 11.7. The van der Waals surface area contributed by atoms with Crippen molar-refractivity contribution in [1.29, 1.82) is 0 Å². The molecule has 65 heavy (non-hydrogen) atoms. The van der Waals surface area contributed by atoms with Crippen LogP contribution < -0.4 is 5.73 Å². The number of terminal acetylenes is 2. The van der Waals surface area contributed by atoms with E-state index >= 15 is 0 Å². The van der Waals surface area contributed by atoms with Gasteiger partial charge >= 0.3 is 0 Å². The molecule has 4 saturated carbocycles. The highest BCUT2D eigenvalue weighted by Crippen LogP contribution is 2.56. The van der Waals surface area contributed by atoms with Gasteiger partial charge in [0.15, 0.2) is 0 Å². The van der Waals surface area contributed by atoms with E-state index in [0.29, 0.717) is 70.8 Å². The summed E-state index contributed by atoms with van der Waals surface area (Å²) in [6.07, 6.45) is 26.7. The molecule has 10 rings (SSSR count). The molecule has 4 aliphatic rings. The fraction of sp³-hybridized carbons (Fsp3) is 0.382. The van der Waals surface area contributed by atoms with E-state index in [-0.39, 0.29) is 34.5 Å². The summed E-state index contributed by atoms with van der Waals surface area (Å²) >= 11 is 5.69. The lowest BCUT2D eigenvalue weighted by atomic mass is 9.83. The van der Waals surface area contributed by atoms with Crippen molar-refractivity contribution in [3.05, 3.63) is 137 Å². The SMILES string of the molecule is C#Cc1ccc(CC(=O)C(C)C2C[C@H]3CC(c4ccnc5ccc(F)cc45)C[C@H]3C2)cn1.C#Cc1ccc(N)cn1.CC(C(=O)Cl)C1C[C@H]2CC(c3ccnc4ccc(F)cc34)C[C@H]2C1. The molecule has 0 bridgehead atoms. The lowest BCUT2D eigenvalue weighted by Crippen LogP contribution is -2.21. The maximum atomic E-state index is 13.9. The monoisotopic (exact) mass is 889 g/mol. The largest absolute Gasteiger partial charge is 0.397 e. The zero-order valence-electron chi connectivity index (χ0n) is 36.8. The van der Waals surface area contributed by atoms with Crippen LogP contribution in [-0.4, -0.2) is 31.0 Å². The molecule has 2 aromatic carbocycles. The minimum absolute atomic E-state index is 0.0356. The van der Waals surface area contributed by atoms with E-state index < -0.39 is 0 Å². The topological polar surface area (TPSA) is 112 Å². The number of anilines is 1. The van der Waals surface area contributed by atoms with Crippen LogP contribution in [0, 0.1) is 83.7 Å². The quantitative estimate of drug-likeness (QED) is 0.120. The van der Waals surface area contributed by atoms with Crippen molar-refractivity contribution in [3.8, 4) is 24.7 Å². The first-order chi connectivity index (χ1) is 31.4. The lowest BCUT2D eigenvalue weighted by molar-refractivity contribution is -0.123. The number of ketones is 1. The molecular formula is C55H54ClF2N5O2. The number of aromatic nitrogens is 4. The van der Waals surface area contributed by atoms with Gasteiger partial charge in [-0.25, -0.2) is 18.7 Å². The third-order valence-electron chi connectivity index (χ3n) is 15.0. The number of rotatable bonds is 8. The molecule has 332 valence electrons. The van der Waals surface area contributed by atoms with Crippen molar-refractivity contribution in [2.24, 2.45) is 47.3 Å². The maximum absolute atomic E-state index is 13.9. The van der Waals surface area contributed by atoms with Gasteiger partial charge in [0, 0.05) is 47.6 Å². The Labute approximate surface area is 385 Å². The number of carbonyl (C=O) groups is 2. The van der Waals surface area contributed by atoms with Crippen molar-refractivity contribution in [2.75, 3.05) is 5.73 Å². The second-order valence-electron chi connectivity index (χ2n) is 18.8. The van der Waals surface area contributed by atoms with Crippen LogP contribution in [0.3, 0.4) is 0 Å². The Morgan fingerprint density at radius 2 is 1.11 bits per heavy atom. The number of carbonyl (C=O) groups excluding carboxylic acids is 2. The van der Waals surface area contributed by atoms with Crippen LogP contribution in [0.1, 0.15) is 105 Å². The predicted molar refractivity (Wildman–Crippen MR) is 253 cm³/mol. The average molecular weight is 891 g/mol. The minimum atomic E-state index is -0.207. The molecule has 0 amide bonds. The molecule has 7 nitrogen and oxygen atoms in total. The summed E-state index contributed by atoms with van der Waals surface area (Å²) in [5.74, 6) is 9.21. The highest BCUT2D eigenvalue weighted by atomic mass is 35.5. The van der Waals surface area contributed by atoms with Gasteiger partial charge in [-0.3, -0.25) is 19.6 Å². The van der Waals surface area contributed by atoms with Gasteiger partial charge in [0.2, 0.25) is 5.24 Å². The number of halogens is 3. The highest BCUT2D eigenvalue weighted by molar-refractivity contribution is 6.63. The van der Waals surface area contributed by atoms with Gasteiger partial charge in [0.05, 0.1) is 22.9 Å². The maximum Gasteiger partial charge on any atom is 0.224 e. The smallest absolute Gasteiger partial charge is 0.224 e. The molecule has 10 heteroatoms. The highest BCUT2D eigenvalue weighted by Gasteiger charge is 2.46. The third kappa shape index (κ3) is 10.4. The summed E-state index contributed by atoms with van der Waals surface area (Å²) in [7, 11) is 0. The van der Waals surface area contributed by atoms with E-state index in [2.05, 4.69) is 50.8 Å².